The van der Waals surface area contributed by atoms with Gasteiger partial charge in [-0.15, -0.1) is 0 Å². The molecule has 5 heterocycles. The average Bonchev–Trinajstić information content (AvgIpc) is 3.70. The number of ether oxygens (including phenoxy) is 3. The minimum absolute atomic E-state index is 0.0565. The molecule has 0 spiro atoms. The van der Waals surface area contributed by atoms with Crippen LogP contribution >= 0.6 is 11.6 Å². The van der Waals surface area contributed by atoms with E-state index < -0.39 is 0 Å². The number of nitrogens with one attached hydrogen (secondary N) is 2. The Morgan fingerprint density at radius 2 is 1.73 bits per heavy atom. The van der Waals surface area contributed by atoms with Crippen LogP contribution in [0.25, 0.3) is 33.5 Å². The summed E-state index contributed by atoms with van der Waals surface area (Å²) in [5.41, 5.74) is 6.20. The first kappa shape index (κ1) is 22.7. The zero-order valence-corrected chi connectivity index (χ0v) is 20.7. The van der Waals surface area contributed by atoms with Crippen LogP contribution in [0.15, 0.2) is 54.6 Å². The van der Waals surface area contributed by atoms with Gasteiger partial charge in [0, 0.05) is 31.1 Å². The second-order valence-electron chi connectivity index (χ2n) is 9.79. The molecule has 0 radical (unpaired) electrons. The van der Waals surface area contributed by atoms with Crippen molar-refractivity contribution >= 4 is 28.7 Å². The number of rotatable bonds is 5. The maximum absolute atomic E-state index is 11.5. The summed E-state index contributed by atoms with van der Waals surface area (Å²) in [4.78, 5) is 24.0. The molecule has 188 valence electrons. The summed E-state index contributed by atoms with van der Waals surface area (Å²) < 4.78 is 17.6. The molecule has 1 amide bonds. The number of amides is 1. The van der Waals surface area contributed by atoms with E-state index in [0.717, 1.165) is 23.1 Å². The molecule has 4 atom stereocenters. The van der Waals surface area contributed by atoms with Gasteiger partial charge in [-0.2, -0.15) is 4.98 Å². The summed E-state index contributed by atoms with van der Waals surface area (Å²) in [6.07, 6.45) is 1.31. The predicted molar refractivity (Wildman–Crippen MR) is 139 cm³/mol. The highest BCUT2D eigenvalue weighted by molar-refractivity contribution is 6.33. The van der Waals surface area contributed by atoms with Crippen LogP contribution in [-0.4, -0.2) is 58.9 Å². The number of hydrogen-bond donors (Lipinski definition) is 2. The Bertz CT molecular complexity index is 1470. The van der Waals surface area contributed by atoms with E-state index in [9.17, 15) is 4.79 Å². The Labute approximate surface area is 218 Å². The number of benzene rings is 2. The van der Waals surface area contributed by atoms with Gasteiger partial charge >= 0.3 is 0 Å². The number of H-pyrrole nitrogens is 1. The number of imidazole rings is 1. The standard InChI is InChI=1S/C28H25ClN4O4/c29-20-12-21-27(33-28(31-21)37-23-14-36-22-9-10-35-26(22)23)32-25(20)18-7-5-16(6-8-18)15-1-3-17(4-2-15)19-11-24(34)30-13-19/h1-8,12,19,22-23,26H,9-11,13-14H2,(H,30,34)(H,31,32,33)/t19?,22-,23-,26+/m1/s1. The number of pyridine rings is 1. The fourth-order valence-corrected chi connectivity index (χ4v) is 5.70. The minimum atomic E-state index is -0.193. The van der Waals surface area contributed by atoms with Crippen LogP contribution in [0.4, 0.5) is 0 Å². The van der Waals surface area contributed by atoms with Crippen molar-refractivity contribution in [3.8, 4) is 28.4 Å². The van der Waals surface area contributed by atoms with E-state index in [0.29, 0.717) is 54.1 Å². The fraction of sp³-hybridized carbons (Fsp3) is 0.321. The van der Waals surface area contributed by atoms with Gasteiger partial charge in [0.15, 0.2) is 11.8 Å². The normalized spacial score (nSPS) is 24.9. The molecular weight excluding hydrogens is 492 g/mol. The summed E-state index contributed by atoms with van der Waals surface area (Å²) >= 11 is 6.62. The molecule has 2 N–H and O–H groups in total. The lowest BCUT2D eigenvalue weighted by atomic mass is 9.95. The molecule has 2 aromatic carbocycles. The van der Waals surface area contributed by atoms with Crippen LogP contribution in [0.3, 0.4) is 0 Å². The van der Waals surface area contributed by atoms with E-state index >= 15 is 0 Å². The van der Waals surface area contributed by atoms with E-state index in [4.69, 9.17) is 30.8 Å². The van der Waals surface area contributed by atoms with Crippen molar-refractivity contribution in [1.29, 1.82) is 0 Å². The topological polar surface area (TPSA) is 98.4 Å². The first-order valence-corrected chi connectivity index (χ1v) is 12.9. The van der Waals surface area contributed by atoms with Crippen molar-refractivity contribution in [1.82, 2.24) is 20.3 Å². The van der Waals surface area contributed by atoms with Gasteiger partial charge in [0.1, 0.15) is 6.10 Å². The summed E-state index contributed by atoms with van der Waals surface area (Å²) in [6, 6.07) is 18.8. The van der Waals surface area contributed by atoms with Crippen LogP contribution < -0.4 is 10.1 Å². The molecule has 0 aliphatic carbocycles. The van der Waals surface area contributed by atoms with Crippen molar-refractivity contribution in [2.75, 3.05) is 19.8 Å². The van der Waals surface area contributed by atoms with E-state index in [2.05, 4.69) is 51.7 Å². The highest BCUT2D eigenvalue weighted by Crippen LogP contribution is 2.33. The molecular formula is C28H25ClN4O4. The molecule has 0 bridgehead atoms. The lowest BCUT2D eigenvalue weighted by molar-refractivity contribution is -0.119. The SMILES string of the molecule is O=C1CC(c2ccc(-c3ccc(-c4nc5nc(O[C@@H]6CO[C@@H]7CCO[C@@H]76)[nH]c5cc4Cl)cc3)cc2)CN1. The van der Waals surface area contributed by atoms with Crippen LogP contribution in [-0.2, 0) is 14.3 Å². The van der Waals surface area contributed by atoms with E-state index in [1.165, 1.54) is 5.56 Å². The van der Waals surface area contributed by atoms with Gasteiger partial charge in [0.05, 0.1) is 28.9 Å². The molecule has 9 heteroatoms. The third-order valence-electron chi connectivity index (χ3n) is 7.44. The maximum atomic E-state index is 11.5. The van der Waals surface area contributed by atoms with Gasteiger partial charge in [-0.25, -0.2) is 4.98 Å². The van der Waals surface area contributed by atoms with Crippen LogP contribution in [0.2, 0.25) is 5.02 Å². The molecule has 37 heavy (non-hydrogen) atoms. The smallest absolute Gasteiger partial charge is 0.296 e. The Hall–Kier alpha value is -3.46. The molecule has 1 unspecified atom stereocenters. The molecule has 3 aliphatic rings. The molecule has 8 nitrogen and oxygen atoms in total. The number of halogens is 1. The lowest BCUT2D eigenvalue weighted by Gasteiger charge is -2.15. The number of nitrogens with zero attached hydrogens (tertiary/aromatic N) is 2. The molecule has 7 rings (SSSR count). The highest BCUT2D eigenvalue weighted by Gasteiger charge is 2.43. The van der Waals surface area contributed by atoms with Gasteiger partial charge in [-0.3, -0.25) is 4.79 Å². The van der Waals surface area contributed by atoms with Gasteiger partial charge in [-0.1, -0.05) is 60.1 Å². The second-order valence-corrected chi connectivity index (χ2v) is 10.2. The van der Waals surface area contributed by atoms with Crippen molar-refractivity contribution in [2.24, 2.45) is 0 Å². The number of aromatic amines is 1. The summed E-state index contributed by atoms with van der Waals surface area (Å²) in [7, 11) is 0. The first-order chi connectivity index (χ1) is 18.1. The largest absolute Gasteiger partial charge is 0.456 e. The minimum Gasteiger partial charge on any atom is -0.456 e. The highest BCUT2D eigenvalue weighted by atomic mass is 35.5. The summed E-state index contributed by atoms with van der Waals surface area (Å²) in [5, 5.41) is 3.43. The van der Waals surface area contributed by atoms with E-state index in [1.54, 1.807) is 0 Å². The second kappa shape index (κ2) is 9.13. The number of hydrogen-bond acceptors (Lipinski definition) is 6. The third-order valence-corrected chi connectivity index (χ3v) is 7.73. The van der Waals surface area contributed by atoms with E-state index in [-0.39, 0.29) is 30.1 Å². The third kappa shape index (κ3) is 4.25. The lowest BCUT2D eigenvalue weighted by Crippen LogP contribution is -2.32. The van der Waals surface area contributed by atoms with Crippen molar-refractivity contribution in [3.63, 3.8) is 0 Å². The predicted octanol–water partition coefficient (Wildman–Crippen LogP) is 4.48. The molecule has 3 saturated heterocycles. The molecule has 0 saturated carbocycles. The number of fused-ring (bicyclic) bond motifs is 2. The molecule has 3 aliphatic heterocycles. The van der Waals surface area contributed by atoms with Gasteiger partial charge in [0.2, 0.25) is 5.91 Å². The maximum Gasteiger partial charge on any atom is 0.296 e. The van der Waals surface area contributed by atoms with Crippen molar-refractivity contribution in [3.05, 3.63) is 65.2 Å². The van der Waals surface area contributed by atoms with Gasteiger partial charge in [0.25, 0.3) is 6.01 Å². The molecule has 4 aromatic rings. The zero-order chi connectivity index (χ0) is 24.9. The fourth-order valence-electron chi connectivity index (χ4n) is 5.44. The Balaban J connectivity index is 1.10. The summed E-state index contributed by atoms with van der Waals surface area (Å²) in [5.74, 6) is 0.369. The van der Waals surface area contributed by atoms with Crippen LogP contribution in [0.5, 0.6) is 6.01 Å². The monoisotopic (exact) mass is 516 g/mol. The molecule has 2 aromatic heterocycles. The van der Waals surface area contributed by atoms with E-state index in [1.807, 2.05) is 18.2 Å². The number of aromatic nitrogens is 3. The summed E-state index contributed by atoms with van der Waals surface area (Å²) in [6.45, 7) is 1.89. The van der Waals surface area contributed by atoms with Gasteiger partial charge in [-0.05, 0) is 29.2 Å². The zero-order valence-electron chi connectivity index (χ0n) is 19.9. The Morgan fingerprint density at radius 1 is 0.973 bits per heavy atom. The van der Waals surface area contributed by atoms with Crippen LogP contribution in [0, 0.1) is 0 Å². The Morgan fingerprint density at radius 3 is 2.49 bits per heavy atom. The first-order valence-electron chi connectivity index (χ1n) is 12.5. The Kier molecular flexibility index (Phi) is 5.61. The van der Waals surface area contributed by atoms with Crippen molar-refractivity contribution < 1.29 is 19.0 Å². The van der Waals surface area contributed by atoms with Crippen molar-refractivity contribution in [2.45, 2.75) is 37.1 Å². The van der Waals surface area contributed by atoms with Gasteiger partial charge < -0.3 is 24.5 Å². The number of carbonyl (C=O) groups is 1. The average molecular weight is 517 g/mol. The number of carbonyl (C=O) groups excluding carboxylic acids is 1. The van der Waals surface area contributed by atoms with Crippen LogP contribution in [0.1, 0.15) is 24.3 Å². The molecule has 3 fully saturated rings. The quantitative estimate of drug-likeness (QED) is 0.406.